The quantitative estimate of drug-likeness (QED) is 0.859. The summed E-state index contributed by atoms with van der Waals surface area (Å²) in [5.41, 5.74) is -1.33. The molecule has 20 heavy (non-hydrogen) atoms. The number of alkyl halides is 3. The topological polar surface area (TPSA) is 61.6 Å². The van der Waals surface area contributed by atoms with Gasteiger partial charge in [-0.05, 0) is 24.3 Å². The molecule has 1 aromatic heterocycles. The van der Waals surface area contributed by atoms with E-state index in [-0.39, 0.29) is 17.1 Å². The van der Waals surface area contributed by atoms with Crippen molar-refractivity contribution in [3.05, 3.63) is 47.4 Å². The Balaban J connectivity index is 2.38. The molecule has 8 heteroatoms. The number of hydrogen-bond donors (Lipinski definition) is 1. The largest absolute Gasteiger partial charge is 0.419 e. The molecule has 0 amide bonds. The van der Waals surface area contributed by atoms with Crippen molar-refractivity contribution in [2.75, 3.05) is 5.32 Å². The van der Waals surface area contributed by atoms with Gasteiger partial charge < -0.3 is 5.32 Å². The predicted molar refractivity (Wildman–Crippen MR) is 61.4 cm³/mol. The molecule has 102 valence electrons. The van der Waals surface area contributed by atoms with E-state index in [0.29, 0.717) is 12.1 Å². The van der Waals surface area contributed by atoms with Crippen LogP contribution in [0.4, 0.5) is 29.1 Å². The highest BCUT2D eigenvalue weighted by molar-refractivity contribution is 5.62. The Labute approximate surface area is 110 Å². The third-order valence-corrected chi connectivity index (χ3v) is 2.38. The van der Waals surface area contributed by atoms with Crippen LogP contribution in [0.2, 0.25) is 0 Å². The zero-order valence-electron chi connectivity index (χ0n) is 9.74. The second-order valence-corrected chi connectivity index (χ2v) is 3.72. The highest BCUT2D eigenvalue weighted by Gasteiger charge is 2.34. The summed E-state index contributed by atoms with van der Waals surface area (Å²) in [5.74, 6) is -1.38. The Morgan fingerprint density at radius 2 is 1.95 bits per heavy atom. The van der Waals surface area contributed by atoms with Gasteiger partial charge in [0.2, 0.25) is 0 Å². The first-order chi connectivity index (χ1) is 9.41. The van der Waals surface area contributed by atoms with Gasteiger partial charge in [0, 0.05) is 5.69 Å². The van der Waals surface area contributed by atoms with Gasteiger partial charge in [-0.25, -0.2) is 4.39 Å². The zero-order chi connectivity index (χ0) is 14.8. The summed E-state index contributed by atoms with van der Waals surface area (Å²) in [6.45, 7) is 0. The second-order valence-electron chi connectivity index (χ2n) is 3.72. The third kappa shape index (κ3) is 2.83. The summed E-state index contributed by atoms with van der Waals surface area (Å²) in [6.07, 6.45) is -3.53. The van der Waals surface area contributed by atoms with Crippen LogP contribution >= 0.6 is 0 Å². The van der Waals surface area contributed by atoms with Crippen molar-refractivity contribution in [2.24, 2.45) is 0 Å². The maximum Gasteiger partial charge on any atom is 0.419 e. The van der Waals surface area contributed by atoms with Crippen molar-refractivity contribution in [3.63, 3.8) is 0 Å². The lowest BCUT2D eigenvalue weighted by Crippen LogP contribution is -2.09. The minimum Gasteiger partial charge on any atom is -0.338 e. The standard InChI is InChI=1S/C12H6F4N4/c13-10-2-1-8(5-9(10)12(14,15)16)19-11-7(6-17)3-4-18-20-11/h1-5H,(H,19,20). The molecular formula is C12H6F4N4. The molecular weight excluding hydrogens is 276 g/mol. The normalized spacial score (nSPS) is 10.9. The van der Waals surface area contributed by atoms with Crippen molar-refractivity contribution >= 4 is 11.5 Å². The smallest absolute Gasteiger partial charge is 0.338 e. The first kappa shape index (κ1) is 13.7. The average Bonchev–Trinajstić information content (AvgIpc) is 2.40. The summed E-state index contributed by atoms with van der Waals surface area (Å²) in [6, 6.07) is 5.56. The van der Waals surface area contributed by atoms with E-state index in [1.807, 2.05) is 6.07 Å². The zero-order valence-corrected chi connectivity index (χ0v) is 9.74. The molecule has 0 atom stereocenters. The molecule has 0 aliphatic heterocycles. The van der Waals surface area contributed by atoms with Crippen LogP contribution in [0.25, 0.3) is 0 Å². The van der Waals surface area contributed by atoms with E-state index in [1.54, 1.807) is 0 Å². The van der Waals surface area contributed by atoms with Crippen LogP contribution in [0.1, 0.15) is 11.1 Å². The molecule has 2 rings (SSSR count). The first-order valence-corrected chi connectivity index (χ1v) is 5.27. The Bertz CT molecular complexity index is 676. The fraction of sp³-hybridized carbons (Fsp3) is 0.0833. The van der Waals surface area contributed by atoms with Crippen molar-refractivity contribution in [1.29, 1.82) is 5.26 Å². The highest BCUT2D eigenvalue weighted by atomic mass is 19.4. The van der Waals surface area contributed by atoms with Gasteiger partial charge in [-0.1, -0.05) is 0 Å². The molecule has 1 N–H and O–H groups in total. The third-order valence-electron chi connectivity index (χ3n) is 2.38. The van der Waals surface area contributed by atoms with Gasteiger partial charge in [-0.3, -0.25) is 0 Å². The number of nitrogens with one attached hydrogen (secondary N) is 1. The molecule has 1 aromatic carbocycles. The molecule has 0 unspecified atom stereocenters. The van der Waals surface area contributed by atoms with Gasteiger partial charge in [-0.15, -0.1) is 5.10 Å². The van der Waals surface area contributed by atoms with Crippen molar-refractivity contribution in [2.45, 2.75) is 6.18 Å². The maximum absolute atomic E-state index is 13.1. The van der Waals surface area contributed by atoms with E-state index in [1.165, 1.54) is 12.3 Å². The lowest BCUT2D eigenvalue weighted by atomic mass is 10.1. The monoisotopic (exact) mass is 282 g/mol. The minimum absolute atomic E-state index is 0.00488. The number of hydrogen-bond acceptors (Lipinski definition) is 4. The fourth-order valence-corrected chi connectivity index (χ4v) is 1.47. The van der Waals surface area contributed by atoms with Crippen LogP contribution in [0.3, 0.4) is 0 Å². The number of benzene rings is 1. The van der Waals surface area contributed by atoms with E-state index in [0.717, 1.165) is 6.07 Å². The van der Waals surface area contributed by atoms with Gasteiger partial charge >= 0.3 is 6.18 Å². The van der Waals surface area contributed by atoms with Crippen molar-refractivity contribution in [1.82, 2.24) is 10.2 Å². The van der Waals surface area contributed by atoms with Crippen molar-refractivity contribution in [3.8, 4) is 6.07 Å². The molecule has 0 saturated heterocycles. The lowest BCUT2D eigenvalue weighted by molar-refractivity contribution is -0.139. The van der Waals surface area contributed by atoms with E-state index >= 15 is 0 Å². The number of nitrogens with zero attached hydrogens (tertiary/aromatic N) is 3. The van der Waals surface area contributed by atoms with Gasteiger partial charge in [0.25, 0.3) is 0 Å². The predicted octanol–water partition coefficient (Wildman–Crippen LogP) is 3.25. The van der Waals surface area contributed by atoms with E-state index in [9.17, 15) is 17.6 Å². The summed E-state index contributed by atoms with van der Waals surface area (Å²) in [4.78, 5) is 0. The molecule has 0 aliphatic rings. The van der Waals surface area contributed by atoms with Crippen LogP contribution in [-0.2, 0) is 6.18 Å². The summed E-state index contributed by atoms with van der Waals surface area (Å²) >= 11 is 0. The Morgan fingerprint density at radius 1 is 1.20 bits per heavy atom. The molecule has 0 saturated carbocycles. The van der Waals surface area contributed by atoms with Crippen LogP contribution < -0.4 is 5.32 Å². The van der Waals surface area contributed by atoms with Crippen LogP contribution in [-0.4, -0.2) is 10.2 Å². The molecule has 0 aliphatic carbocycles. The van der Waals surface area contributed by atoms with Gasteiger partial charge in [-0.2, -0.15) is 23.5 Å². The lowest BCUT2D eigenvalue weighted by Gasteiger charge is -2.11. The van der Waals surface area contributed by atoms with Crippen LogP contribution in [0.5, 0.6) is 0 Å². The Hall–Kier alpha value is -2.69. The molecule has 1 heterocycles. The number of anilines is 2. The summed E-state index contributed by atoms with van der Waals surface area (Å²) in [7, 11) is 0. The van der Waals surface area contributed by atoms with Crippen molar-refractivity contribution < 1.29 is 17.6 Å². The molecule has 0 fully saturated rings. The van der Waals surface area contributed by atoms with Gasteiger partial charge in [0.15, 0.2) is 5.82 Å². The minimum atomic E-state index is -4.80. The molecule has 2 aromatic rings. The number of aromatic nitrogens is 2. The summed E-state index contributed by atoms with van der Waals surface area (Å²) in [5, 5.41) is 18.4. The van der Waals surface area contributed by atoms with Gasteiger partial charge in [0.1, 0.15) is 11.9 Å². The molecule has 0 bridgehead atoms. The highest BCUT2D eigenvalue weighted by Crippen LogP contribution is 2.33. The Morgan fingerprint density at radius 3 is 2.60 bits per heavy atom. The van der Waals surface area contributed by atoms with Crippen LogP contribution in [0, 0.1) is 17.1 Å². The molecule has 0 radical (unpaired) electrons. The number of rotatable bonds is 2. The van der Waals surface area contributed by atoms with E-state index in [4.69, 9.17) is 5.26 Å². The second kappa shape index (κ2) is 5.13. The van der Waals surface area contributed by atoms with E-state index < -0.39 is 17.6 Å². The molecule has 0 spiro atoms. The van der Waals surface area contributed by atoms with Gasteiger partial charge in [0.05, 0.1) is 17.3 Å². The summed E-state index contributed by atoms with van der Waals surface area (Å²) < 4.78 is 50.8. The first-order valence-electron chi connectivity index (χ1n) is 5.27. The average molecular weight is 282 g/mol. The Kier molecular flexibility index (Phi) is 3.52. The van der Waals surface area contributed by atoms with E-state index in [2.05, 4.69) is 15.5 Å². The van der Waals surface area contributed by atoms with Crippen LogP contribution in [0.15, 0.2) is 30.5 Å². The SMILES string of the molecule is N#Cc1ccnnc1Nc1ccc(F)c(C(F)(F)F)c1. The number of halogens is 4. The maximum atomic E-state index is 13.1. The fourth-order valence-electron chi connectivity index (χ4n) is 1.47. The number of nitriles is 1. The molecule has 4 nitrogen and oxygen atoms in total.